The van der Waals surface area contributed by atoms with E-state index in [2.05, 4.69) is 10.1 Å². The van der Waals surface area contributed by atoms with Gasteiger partial charge in [0.2, 0.25) is 5.82 Å². The Morgan fingerprint density at radius 2 is 1.92 bits per heavy atom. The molecule has 2 aromatic carbocycles. The van der Waals surface area contributed by atoms with Crippen molar-refractivity contribution in [2.45, 2.75) is 6.61 Å². The molecular formula is C16H9Cl2N3O5. The highest BCUT2D eigenvalue weighted by atomic mass is 35.5. The van der Waals surface area contributed by atoms with Gasteiger partial charge in [0.05, 0.1) is 10.5 Å². The summed E-state index contributed by atoms with van der Waals surface area (Å²) in [5.41, 5.74) is 0.284. The van der Waals surface area contributed by atoms with Crippen LogP contribution in [0.4, 0.5) is 5.69 Å². The van der Waals surface area contributed by atoms with Crippen LogP contribution in [0.15, 0.2) is 47.0 Å². The topological polar surface area (TPSA) is 108 Å². The second-order valence-corrected chi connectivity index (χ2v) is 5.86. The van der Waals surface area contributed by atoms with Crippen LogP contribution in [0, 0.1) is 10.1 Å². The number of hydrogen-bond donors (Lipinski definition) is 0. The molecule has 26 heavy (non-hydrogen) atoms. The van der Waals surface area contributed by atoms with Gasteiger partial charge in [-0.1, -0.05) is 28.4 Å². The lowest BCUT2D eigenvalue weighted by Gasteiger charge is -2.02. The van der Waals surface area contributed by atoms with Gasteiger partial charge in [-0.2, -0.15) is 4.98 Å². The number of carbonyl (C=O) groups excluding carboxylic acids is 1. The van der Waals surface area contributed by atoms with Gasteiger partial charge in [-0.15, -0.1) is 0 Å². The van der Waals surface area contributed by atoms with Gasteiger partial charge in [0.15, 0.2) is 6.61 Å². The van der Waals surface area contributed by atoms with E-state index in [0.717, 1.165) is 6.07 Å². The molecule has 8 nitrogen and oxygen atoms in total. The van der Waals surface area contributed by atoms with Crippen LogP contribution in [0.2, 0.25) is 10.0 Å². The number of halogens is 2. The van der Waals surface area contributed by atoms with Gasteiger partial charge in [0.25, 0.3) is 11.6 Å². The van der Waals surface area contributed by atoms with E-state index in [1.807, 2.05) is 0 Å². The maximum atomic E-state index is 12.0. The normalized spacial score (nSPS) is 10.5. The van der Waals surface area contributed by atoms with E-state index >= 15 is 0 Å². The Morgan fingerprint density at radius 1 is 1.19 bits per heavy atom. The third-order valence-electron chi connectivity index (χ3n) is 3.28. The largest absolute Gasteiger partial charge is 0.452 e. The van der Waals surface area contributed by atoms with Crippen LogP contribution in [0.3, 0.4) is 0 Å². The van der Waals surface area contributed by atoms with Crippen LogP contribution in [-0.2, 0) is 11.3 Å². The van der Waals surface area contributed by atoms with Crippen molar-refractivity contribution in [3.8, 4) is 11.4 Å². The van der Waals surface area contributed by atoms with Crippen molar-refractivity contribution in [3.05, 3.63) is 74.1 Å². The first kappa shape index (κ1) is 17.8. The summed E-state index contributed by atoms with van der Waals surface area (Å²) in [7, 11) is 0. The van der Waals surface area contributed by atoms with Crippen LogP contribution in [0.1, 0.15) is 16.2 Å². The Balaban J connectivity index is 1.68. The van der Waals surface area contributed by atoms with E-state index in [9.17, 15) is 14.9 Å². The zero-order valence-electron chi connectivity index (χ0n) is 12.9. The minimum atomic E-state index is -0.781. The van der Waals surface area contributed by atoms with Gasteiger partial charge in [0, 0.05) is 16.7 Å². The van der Waals surface area contributed by atoms with Gasteiger partial charge in [-0.25, -0.2) is 4.79 Å². The van der Waals surface area contributed by atoms with Crippen LogP contribution < -0.4 is 0 Å². The first-order valence-corrected chi connectivity index (χ1v) is 7.89. The fraction of sp³-hybridized carbons (Fsp3) is 0.0625. The molecule has 0 unspecified atom stereocenters. The summed E-state index contributed by atoms with van der Waals surface area (Å²) in [5, 5.41) is 15.1. The number of rotatable bonds is 5. The predicted octanol–water partition coefficient (Wildman–Crippen LogP) is 4.31. The number of nitro benzene ring substituents is 1. The third-order valence-corrected chi connectivity index (χ3v) is 3.85. The van der Waals surface area contributed by atoms with Gasteiger partial charge >= 0.3 is 5.97 Å². The van der Waals surface area contributed by atoms with Gasteiger partial charge in [-0.3, -0.25) is 10.1 Å². The molecule has 0 N–H and O–H groups in total. The van der Waals surface area contributed by atoms with Crippen LogP contribution in [0.5, 0.6) is 0 Å². The molecule has 0 aliphatic heterocycles. The molecule has 0 aliphatic rings. The minimum absolute atomic E-state index is 0.0152. The first-order chi connectivity index (χ1) is 12.4. The minimum Gasteiger partial charge on any atom is -0.452 e. The zero-order valence-corrected chi connectivity index (χ0v) is 14.4. The van der Waals surface area contributed by atoms with Crippen molar-refractivity contribution in [1.82, 2.24) is 10.1 Å². The smallest absolute Gasteiger partial charge is 0.338 e. The van der Waals surface area contributed by atoms with Crippen molar-refractivity contribution in [2.24, 2.45) is 0 Å². The van der Waals surface area contributed by atoms with Crippen LogP contribution in [0.25, 0.3) is 11.4 Å². The second kappa shape index (κ2) is 7.51. The molecule has 0 fully saturated rings. The molecule has 0 aliphatic carbocycles. The summed E-state index contributed by atoms with van der Waals surface area (Å²) in [6, 6.07) is 10.4. The number of esters is 1. The lowest BCUT2D eigenvalue weighted by atomic mass is 10.2. The van der Waals surface area contributed by atoms with E-state index in [-0.39, 0.29) is 28.8 Å². The Labute approximate surface area is 156 Å². The van der Waals surface area contributed by atoms with E-state index in [1.165, 1.54) is 12.1 Å². The molecule has 0 bridgehead atoms. The summed E-state index contributed by atoms with van der Waals surface area (Å²) < 4.78 is 10.1. The Hall–Kier alpha value is -2.97. The fourth-order valence-corrected chi connectivity index (χ4v) is 2.33. The lowest BCUT2D eigenvalue weighted by molar-refractivity contribution is -0.384. The van der Waals surface area contributed by atoms with E-state index in [0.29, 0.717) is 16.4 Å². The Kier molecular flexibility index (Phi) is 5.15. The molecule has 3 aromatic rings. The number of hydrogen-bond acceptors (Lipinski definition) is 7. The number of ether oxygens (including phenoxy) is 1. The van der Waals surface area contributed by atoms with E-state index < -0.39 is 10.9 Å². The molecule has 0 radical (unpaired) electrons. The molecule has 0 spiro atoms. The lowest BCUT2D eigenvalue weighted by Crippen LogP contribution is -2.06. The predicted molar refractivity (Wildman–Crippen MR) is 92.0 cm³/mol. The van der Waals surface area contributed by atoms with Crippen molar-refractivity contribution in [2.75, 3.05) is 0 Å². The molecular weight excluding hydrogens is 385 g/mol. The molecule has 132 valence electrons. The highest BCUT2D eigenvalue weighted by molar-refractivity contribution is 6.32. The maximum Gasteiger partial charge on any atom is 0.338 e. The van der Waals surface area contributed by atoms with Gasteiger partial charge in [0.1, 0.15) is 5.02 Å². The standard InChI is InChI=1S/C16H9Cl2N3O5/c17-11-4-1-9(2-5-11)15-19-14(26-20-15)8-25-16(22)10-3-6-12(18)13(7-10)21(23)24/h1-7H,8H2. The SMILES string of the molecule is O=C(OCc1nc(-c2ccc(Cl)cc2)no1)c1ccc(Cl)c([N+](=O)[O-])c1. The zero-order chi connectivity index (χ0) is 18.7. The first-order valence-electron chi connectivity index (χ1n) is 7.13. The quantitative estimate of drug-likeness (QED) is 0.360. The summed E-state index contributed by atoms with van der Waals surface area (Å²) in [5.74, 6) is -0.391. The molecule has 1 aromatic heterocycles. The van der Waals surface area contributed by atoms with Crippen molar-refractivity contribution in [1.29, 1.82) is 0 Å². The Bertz CT molecular complexity index is 972. The van der Waals surface area contributed by atoms with Crippen molar-refractivity contribution in [3.63, 3.8) is 0 Å². The third kappa shape index (κ3) is 3.98. The number of carbonyl (C=O) groups is 1. The maximum absolute atomic E-state index is 12.0. The second-order valence-electron chi connectivity index (χ2n) is 5.02. The van der Waals surface area contributed by atoms with Gasteiger partial charge < -0.3 is 9.26 Å². The highest BCUT2D eigenvalue weighted by Gasteiger charge is 2.18. The van der Waals surface area contributed by atoms with Crippen LogP contribution in [-0.4, -0.2) is 21.0 Å². The van der Waals surface area contributed by atoms with Crippen molar-refractivity contribution < 1.29 is 19.0 Å². The summed E-state index contributed by atoms with van der Waals surface area (Å²) in [4.78, 5) is 26.3. The molecule has 0 atom stereocenters. The van der Waals surface area contributed by atoms with Crippen LogP contribution >= 0.6 is 23.2 Å². The number of nitrogens with zero attached hydrogens (tertiary/aromatic N) is 3. The molecule has 1 heterocycles. The monoisotopic (exact) mass is 393 g/mol. The molecule has 3 rings (SSSR count). The Morgan fingerprint density at radius 3 is 2.62 bits per heavy atom. The average Bonchev–Trinajstić information content (AvgIpc) is 3.09. The average molecular weight is 394 g/mol. The van der Waals surface area contributed by atoms with E-state index in [1.54, 1.807) is 24.3 Å². The van der Waals surface area contributed by atoms with E-state index in [4.69, 9.17) is 32.5 Å². The summed E-state index contributed by atoms with van der Waals surface area (Å²) >= 11 is 11.5. The number of benzene rings is 2. The van der Waals surface area contributed by atoms with Crippen molar-refractivity contribution >= 4 is 34.9 Å². The summed E-state index contributed by atoms with van der Waals surface area (Å²) in [6.45, 7) is -0.282. The number of aromatic nitrogens is 2. The molecule has 0 saturated carbocycles. The molecule has 0 amide bonds. The molecule has 10 heteroatoms. The highest BCUT2D eigenvalue weighted by Crippen LogP contribution is 2.25. The fourth-order valence-electron chi connectivity index (χ4n) is 2.02. The molecule has 0 saturated heterocycles. The number of nitro groups is 1. The van der Waals surface area contributed by atoms with Gasteiger partial charge in [-0.05, 0) is 36.4 Å². The summed E-state index contributed by atoms with van der Waals surface area (Å²) in [6.07, 6.45) is 0.